The smallest absolute Gasteiger partial charge is 0.269 e. The zero-order chi connectivity index (χ0) is 15.5. The molecule has 0 amide bonds. The van der Waals surface area contributed by atoms with E-state index in [2.05, 4.69) is 4.99 Å². The average Bonchev–Trinajstić information content (AvgIpc) is 2.55. The van der Waals surface area contributed by atoms with Gasteiger partial charge in [-0.05, 0) is 30.4 Å². The van der Waals surface area contributed by atoms with Gasteiger partial charge in [0.1, 0.15) is 5.84 Å². The van der Waals surface area contributed by atoms with Crippen molar-refractivity contribution >= 4 is 17.2 Å². The summed E-state index contributed by atoms with van der Waals surface area (Å²) in [6.45, 7) is 0. The first-order valence-corrected chi connectivity index (χ1v) is 6.48. The van der Waals surface area contributed by atoms with Crippen LogP contribution in [0.1, 0.15) is 5.56 Å². The maximum atomic E-state index is 10.7. The highest BCUT2D eigenvalue weighted by atomic mass is 16.6. The maximum absolute atomic E-state index is 10.7. The number of fused-ring (bicyclic) bond motifs is 1. The van der Waals surface area contributed by atoms with Crippen LogP contribution < -0.4 is 0 Å². The molecular weight excluding hydrogens is 280 g/mol. The summed E-state index contributed by atoms with van der Waals surface area (Å²) in [7, 11) is 0. The number of nitro groups is 1. The molecule has 6 nitrogen and oxygen atoms in total. The van der Waals surface area contributed by atoms with Crippen LogP contribution in [-0.2, 0) is 0 Å². The lowest BCUT2D eigenvalue weighted by atomic mass is 10.1. The molecular formula is C16H10N4O2. The predicted molar refractivity (Wildman–Crippen MR) is 82.3 cm³/mol. The van der Waals surface area contributed by atoms with E-state index in [9.17, 15) is 10.1 Å². The number of non-ortho nitro benzene ring substituents is 1. The molecule has 0 aromatic heterocycles. The second-order valence-corrected chi connectivity index (χ2v) is 4.57. The van der Waals surface area contributed by atoms with E-state index < -0.39 is 4.92 Å². The zero-order valence-electron chi connectivity index (χ0n) is 11.4. The normalized spacial score (nSPS) is 17.6. The summed E-state index contributed by atoms with van der Waals surface area (Å²) in [4.78, 5) is 16.6. The summed E-state index contributed by atoms with van der Waals surface area (Å²) < 4.78 is 0. The van der Waals surface area contributed by atoms with Gasteiger partial charge in [0.05, 0.1) is 22.4 Å². The molecule has 0 spiro atoms. The molecule has 2 aliphatic rings. The number of benzene rings is 1. The summed E-state index contributed by atoms with van der Waals surface area (Å²) in [5.41, 5.74) is 2.14. The van der Waals surface area contributed by atoms with Gasteiger partial charge in [-0.2, -0.15) is 5.26 Å². The zero-order valence-corrected chi connectivity index (χ0v) is 11.4. The first kappa shape index (κ1) is 13.5. The van der Waals surface area contributed by atoms with E-state index in [-0.39, 0.29) is 5.69 Å². The third-order valence-electron chi connectivity index (χ3n) is 3.22. The summed E-state index contributed by atoms with van der Waals surface area (Å²) in [5.74, 6) is 0.694. The summed E-state index contributed by atoms with van der Waals surface area (Å²) in [6.07, 6.45) is 10.6. The lowest BCUT2D eigenvalue weighted by Gasteiger charge is -2.27. The van der Waals surface area contributed by atoms with E-state index in [1.807, 2.05) is 30.5 Å². The van der Waals surface area contributed by atoms with Crippen molar-refractivity contribution in [3.8, 4) is 6.07 Å². The van der Waals surface area contributed by atoms with E-state index in [0.29, 0.717) is 17.2 Å². The van der Waals surface area contributed by atoms with E-state index in [4.69, 9.17) is 5.26 Å². The molecule has 106 valence electrons. The highest BCUT2D eigenvalue weighted by Gasteiger charge is 2.19. The van der Waals surface area contributed by atoms with Gasteiger partial charge in [0.2, 0.25) is 0 Å². The highest BCUT2D eigenvalue weighted by Crippen LogP contribution is 2.28. The first-order chi connectivity index (χ1) is 10.7. The Morgan fingerprint density at radius 2 is 2.05 bits per heavy atom. The van der Waals surface area contributed by atoms with Crippen molar-refractivity contribution in [3.05, 3.63) is 82.2 Å². The molecule has 0 unspecified atom stereocenters. The largest absolute Gasteiger partial charge is 0.301 e. The number of rotatable bonds is 2. The molecule has 0 saturated heterocycles. The SMILES string of the molecule is N#C/C=C1\C=C(c2ccc([N+](=O)[O-])cc2)N=C2C=CC=CN21. The number of hydrogen-bond donors (Lipinski definition) is 0. The maximum Gasteiger partial charge on any atom is 0.269 e. The van der Waals surface area contributed by atoms with E-state index in [1.165, 1.54) is 18.2 Å². The molecule has 0 saturated carbocycles. The van der Waals surface area contributed by atoms with Gasteiger partial charge in [0.25, 0.3) is 5.69 Å². The Bertz CT molecular complexity index is 821. The first-order valence-electron chi connectivity index (χ1n) is 6.48. The quantitative estimate of drug-likeness (QED) is 0.476. The predicted octanol–water partition coefficient (Wildman–Crippen LogP) is 3.14. The van der Waals surface area contributed by atoms with Crippen molar-refractivity contribution in [3.63, 3.8) is 0 Å². The number of hydrogen-bond acceptors (Lipinski definition) is 5. The van der Waals surface area contributed by atoms with Crippen LogP contribution in [0, 0.1) is 21.4 Å². The van der Waals surface area contributed by atoms with E-state index in [0.717, 1.165) is 5.56 Å². The van der Waals surface area contributed by atoms with Crippen LogP contribution in [0.4, 0.5) is 5.69 Å². The average molecular weight is 290 g/mol. The van der Waals surface area contributed by atoms with Gasteiger partial charge in [-0.25, -0.2) is 4.99 Å². The minimum atomic E-state index is -0.442. The number of allylic oxidation sites excluding steroid dienone is 4. The lowest BCUT2D eigenvalue weighted by molar-refractivity contribution is -0.384. The topological polar surface area (TPSA) is 82.5 Å². The van der Waals surface area contributed by atoms with Crippen LogP contribution in [-0.4, -0.2) is 15.7 Å². The van der Waals surface area contributed by atoms with Gasteiger partial charge in [-0.1, -0.05) is 6.08 Å². The van der Waals surface area contributed by atoms with Crippen molar-refractivity contribution in [2.24, 2.45) is 4.99 Å². The van der Waals surface area contributed by atoms with Crippen LogP contribution in [0.3, 0.4) is 0 Å². The number of nitro benzene ring substituents is 1. The van der Waals surface area contributed by atoms with Crippen LogP contribution in [0.5, 0.6) is 0 Å². The van der Waals surface area contributed by atoms with E-state index >= 15 is 0 Å². The molecule has 0 fully saturated rings. The van der Waals surface area contributed by atoms with Crippen molar-refractivity contribution in [2.45, 2.75) is 0 Å². The molecule has 2 heterocycles. The van der Waals surface area contributed by atoms with Crippen LogP contribution in [0.25, 0.3) is 5.70 Å². The summed E-state index contributed by atoms with van der Waals surface area (Å²) in [6, 6.07) is 8.19. The lowest BCUT2D eigenvalue weighted by Crippen LogP contribution is -2.26. The Kier molecular flexibility index (Phi) is 3.38. The number of aliphatic imine (C=N–C) groups is 1. The fourth-order valence-electron chi connectivity index (χ4n) is 2.19. The molecule has 0 atom stereocenters. The van der Waals surface area contributed by atoms with Crippen molar-refractivity contribution in [1.29, 1.82) is 5.26 Å². The molecule has 3 rings (SSSR count). The van der Waals surface area contributed by atoms with Gasteiger partial charge < -0.3 is 4.90 Å². The number of amidine groups is 1. The highest BCUT2D eigenvalue weighted by molar-refractivity contribution is 6.02. The van der Waals surface area contributed by atoms with Gasteiger partial charge >= 0.3 is 0 Å². The molecule has 1 aromatic rings. The second-order valence-electron chi connectivity index (χ2n) is 4.57. The Morgan fingerprint density at radius 1 is 1.27 bits per heavy atom. The molecule has 0 aliphatic carbocycles. The Hall–Kier alpha value is -3.46. The Balaban J connectivity index is 2.03. The van der Waals surface area contributed by atoms with Crippen LogP contribution in [0.15, 0.2) is 71.5 Å². The Morgan fingerprint density at radius 3 is 2.73 bits per heavy atom. The molecule has 0 N–H and O–H groups in total. The standard InChI is InChI=1S/C16H10N4O2/c17-9-8-14-11-15(18-16-3-1-2-10-19(14)16)12-4-6-13(7-5-12)20(21)22/h1-8,10-11H/b14-8+. The van der Waals surface area contributed by atoms with Gasteiger partial charge in [0, 0.05) is 30.0 Å². The summed E-state index contributed by atoms with van der Waals surface area (Å²) in [5, 5.41) is 19.6. The molecule has 0 radical (unpaired) electrons. The van der Waals surface area contributed by atoms with Crippen LogP contribution in [0.2, 0.25) is 0 Å². The van der Waals surface area contributed by atoms with Crippen molar-refractivity contribution in [1.82, 2.24) is 4.90 Å². The molecule has 2 aliphatic heterocycles. The number of nitrogens with zero attached hydrogens (tertiary/aromatic N) is 4. The van der Waals surface area contributed by atoms with E-state index in [1.54, 1.807) is 23.1 Å². The fourth-order valence-corrected chi connectivity index (χ4v) is 2.19. The monoisotopic (exact) mass is 290 g/mol. The second kappa shape index (κ2) is 5.50. The van der Waals surface area contributed by atoms with Crippen molar-refractivity contribution < 1.29 is 4.92 Å². The number of nitriles is 1. The minimum Gasteiger partial charge on any atom is -0.301 e. The van der Waals surface area contributed by atoms with Gasteiger partial charge in [-0.15, -0.1) is 0 Å². The molecule has 0 bridgehead atoms. The third-order valence-corrected chi connectivity index (χ3v) is 3.22. The third kappa shape index (κ3) is 2.43. The van der Waals surface area contributed by atoms with Gasteiger partial charge in [0.15, 0.2) is 0 Å². The molecule has 22 heavy (non-hydrogen) atoms. The Labute approximate surface area is 126 Å². The van der Waals surface area contributed by atoms with Crippen LogP contribution >= 0.6 is 0 Å². The molecule has 1 aromatic carbocycles. The van der Waals surface area contributed by atoms with Gasteiger partial charge in [-0.3, -0.25) is 10.1 Å². The minimum absolute atomic E-state index is 0.0303. The molecule has 6 heteroatoms. The fraction of sp³-hybridized carbons (Fsp3) is 0. The summed E-state index contributed by atoms with van der Waals surface area (Å²) >= 11 is 0. The van der Waals surface area contributed by atoms with Crippen molar-refractivity contribution in [2.75, 3.05) is 0 Å².